The Balaban J connectivity index is 1.64. The molecule has 210 valence electrons. The first-order valence-electron chi connectivity index (χ1n) is 13.9. The van der Waals surface area contributed by atoms with E-state index in [0.29, 0.717) is 36.4 Å². The van der Waals surface area contributed by atoms with Gasteiger partial charge in [-0.15, -0.1) is 0 Å². The van der Waals surface area contributed by atoms with Crippen molar-refractivity contribution >= 4 is 11.5 Å². The maximum Gasteiger partial charge on any atom is 0.162 e. The van der Waals surface area contributed by atoms with Gasteiger partial charge < -0.3 is 15.2 Å². The van der Waals surface area contributed by atoms with Crippen LogP contribution in [0.3, 0.4) is 0 Å². The summed E-state index contributed by atoms with van der Waals surface area (Å²) in [6.45, 7) is 10.7. The predicted octanol–water partition coefficient (Wildman–Crippen LogP) is 7.14. The van der Waals surface area contributed by atoms with E-state index in [0.717, 1.165) is 45.1 Å². The zero-order chi connectivity index (χ0) is 29.5. The van der Waals surface area contributed by atoms with Crippen molar-refractivity contribution in [2.45, 2.75) is 60.0 Å². The summed E-state index contributed by atoms with van der Waals surface area (Å²) in [7, 11) is 1.62. The zero-order valence-corrected chi connectivity index (χ0v) is 24.7. The van der Waals surface area contributed by atoms with Crippen LogP contribution in [0.15, 0.2) is 83.3 Å². The van der Waals surface area contributed by atoms with E-state index in [9.17, 15) is 10.1 Å². The van der Waals surface area contributed by atoms with Gasteiger partial charge in [-0.25, -0.2) is 0 Å². The Morgan fingerprint density at radius 1 is 0.976 bits per heavy atom. The summed E-state index contributed by atoms with van der Waals surface area (Å²) < 4.78 is 11.5. The van der Waals surface area contributed by atoms with Crippen LogP contribution in [0.1, 0.15) is 60.4 Å². The fourth-order valence-corrected chi connectivity index (χ4v) is 6.02. The van der Waals surface area contributed by atoms with Crippen LogP contribution < -0.4 is 20.1 Å². The number of methoxy groups -OCH3 is 1. The predicted molar refractivity (Wildman–Crippen MR) is 162 cm³/mol. The van der Waals surface area contributed by atoms with Gasteiger partial charge in [0.25, 0.3) is 0 Å². The van der Waals surface area contributed by atoms with Crippen molar-refractivity contribution in [3.8, 4) is 17.6 Å². The number of hydrogen-bond donors (Lipinski definition) is 1. The molecule has 0 bridgehead atoms. The molecular weight excluding hydrogens is 510 g/mol. The van der Waals surface area contributed by atoms with Gasteiger partial charge in [0.15, 0.2) is 5.78 Å². The molecule has 1 unspecified atom stereocenters. The molecule has 1 heterocycles. The molecule has 6 nitrogen and oxygen atoms in total. The lowest BCUT2D eigenvalue weighted by Crippen LogP contribution is -2.42. The third-order valence-corrected chi connectivity index (χ3v) is 8.16. The molecule has 3 aromatic carbocycles. The summed E-state index contributed by atoms with van der Waals surface area (Å²) in [5.41, 5.74) is 14.5. The normalized spacial score (nSPS) is 18.2. The molecule has 0 aromatic heterocycles. The van der Waals surface area contributed by atoms with Crippen molar-refractivity contribution in [3.05, 3.63) is 111 Å². The number of nitrogens with zero attached hydrogens (tertiary/aromatic N) is 2. The van der Waals surface area contributed by atoms with Crippen LogP contribution in [-0.2, 0) is 11.4 Å². The van der Waals surface area contributed by atoms with E-state index >= 15 is 0 Å². The van der Waals surface area contributed by atoms with Crippen molar-refractivity contribution in [3.63, 3.8) is 0 Å². The number of carbonyl (C=O) groups excluding carboxylic acids is 1. The Hall–Kier alpha value is -4.50. The molecule has 6 heteroatoms. The molecular formula is C35H37N3O3. The Bertz CT molecular complexity index is 1610. The standard InChI is InChI=1S/C35H37N3O3/c1-21-7-11-27(12-8-21)41-20-24-16-28(23(3)15-22(24)2)32-29(19-36)34(37)38(25-9-13-26(40-6)14-10-25)30-17-35(4,5)18-31(39)33(30)32/h7-16,32H,17-18,20,37H2,1-6H3. The number of nitriles is 1. The van der Waals surface area contributed by atoms with Gasteiger partial charge in [0.1, 0.15) is 23.9 Å². The number of ether oxygens (including phenoxy) is 2. The largest absolute Gasteiger partial charge is 0.497 e. The summed E-state index contributed by atoms with van der Waals surface area (Å²) in [6, 6.07) is 22.1. The Kier molecular flexibility index (Phi) is 7.40. The number of benzene rings is 3. The number of carbonyl (C=O) groups is 1. The number of rotatable bonds is 6. The summed E-state index contributed by atoms with van der Waals surface area (Å²) in [6.07, 6.45) is 1.07. The van der Waals surface area contributed by atoms with Crippen LogP contribution in [-0.4, -0.2) is 12.9 Å². The molecule has 0 saturated carbocycles. The fraction of sp³-hybridized carbons (Fsp3) is 0.314. The SMILES string of the molecule is COc1ccc(N2C(N)=C(C#N)C(c3cc(COc4ccc(C)cc4)c(C)cc3C)C3=C2CC(C)(C)CC3=O)cc1. The van der Waals surface area contributed by atoms with E-state index in [4.69, 9.17) is 15.2 Å². The summed E-state index contributed by atoms with van der Waals surface area (Å²) >= 11 is 0. The third-order valence-electron chi connectivity index (χ3n) is 8.16. The van der Waals surface area contributed by atoms with E-state index in [1.54, 1.807) is 7.11 Å². The molecule has 0 radical (unpaired) electrons. The van der Waals surface area contributed by atoms with Gasteiger partial charge in [0, 0.05) is 23.4 Å². The molecule has 0 saturated heterocycles. The van der Waals surface area contributed by atoms with Crippen LogP contribution in [0.5, 0.6) is 11.5 Å². The maximum atomic E-state index is 14.0. The highest BCUT2D eigenvalue weighted by Gasteiger charge is 2.45. The van der Waals surface area contributed by atoms with E-state index in [1.165, 1.54) is 5.56 Å². The summed E-state index contributed by atoms with van der Waals surface area (Å²) in [5.74, 6) is 1.37. The molecule has 1 atom stereocenters. The van der Waals surface area contributed by atoms with Crippen molar-refractivity contribution in [2.24, 2.45) is 11.1 Å². The Morgan fingerprint density at radius 2 is 1.63 bits per heavy atom. The van der Waals surface area contributed by atoms with Crippen LogP contribution >= 0.6 is 0 Å². The second-order valence-electron chi connectivity index (χ2n) is 11.9. The van der Waals surface area contributed by atoms with Crippen LogP contribution in [0.4, 0.5) is 5.69 Å². The second kappa shape index (κ2) is 10.8. The van der Waals surface area contributed by atoms with Crippen LogP contribution in [0, 0.1) is 37.5 Å². The molecule has 41 heavy (non-hydrogen) atoms. The number of Topliss-reactive ketones (excluding diaryl/α,β-unsaturated/α-hetero) is 1. The highest BCUT2D eigenvalue weighted by atomic mass is 16.5. The summed E-state index contributed by atoms with van der Waals surface area (Å²) in [5, 5.41) is 10.5. The molecule has 5 rings (SSSR count). The first-order chi connectivity index (χ1) is 19.5. The quantitative estimate of drug-likeness (QED) is 0.353. The van der Waals surface area contributed by atoms with Gasteiger partial charge in [-0.3, -0.25) is 9.69 Å². The fourth-order valence-electron chi connectivity index (χ4n) is 6.02. The van der Waals surface area contributed by atoms with Gasteiger partial charge in [-0.1, -0.05) is 43.7 Å². The lowest BCUT2D eigenvalue weighted by molar-refractivity contribution is -0.118. The smallest absolute Gasteiger partial charge is 0.162 e. The van der Waals surface area contributed by atoms with E-state index in [1.807, 2.05) is 67.3 Å². The maximum absolute atomic E-state index is 14.0. The number of ketones is 1. The molecule has 2 aliphatic rings. The third kappa shape index (κ3) is 5.32. The Labute approximate surface area is 242 Å². The minimum absolute atomic E-state index is 0.0532. The Morgan fingerprint density at radius 3 is 2.27 bits per heavy atom. The number of anilines is 1. The number of allylic oxidation sites excluding steroid dienone is 3. The van der Waals surface area contributed by atoms with Crippen LogP contribution in [0.2, 0.25) is 0 Å². The molecule has 2 N–H and O–H groups in total. The molecule has 1 aliphatic carbocycles. The molecule has 0 fully saturated rings. The number of aryl methyl sites for hydroxylation is 3. The minimum Gasteiger partial charge on any atom is -0.497 e. The van der Waals surface area contributed by atoms with E-state index in [-0.39, 0.29) is 11.2 Å². The molecule has 1 aliphatic heterocycles. The minimum atomic E-state index is -0.549. The molecule has 3 aromatic rings. The van der Waals surface area contributed by atoms with E-state index < -0.39 is 5.92 Å². The highest BCUT2D eigenvalue weighted by Crippen LogP contribution is 2.51. The van der Waals surface area contributed by atoms with Gasteiger partial charge in [0.2, 0.25) is 0 Å². The monoisotopic (exact) mass is 547 g/mol. The highest BCUT2D eigenvalue weighted by molar-refractivity contribution is 6.01. The first-order valence-corrected chi connectivity index (χ1v) is 13.9. The van der Waals surface area contributed by atoms with E-state index in [2.05, 4.69) is 39.0 Å². The molecule has 0 amide bonds. The van der Waals surface area contributed by atoms with Crippen LogP contribution in [0.25, 0.3) is 0 Å². The average molecular weight is 548 g/mol. The first kappa shape index (κ1) is 28.0. The van der Waals surface area contributed by atoms with Crippen molar-refractivity contribution < 1.29 is 14.3 Å². The number of hydrogen-bond acceptors (Lipinski definition) is 6. The summed E-state index contributed by atoms with van der Waals surface area (Å²) in [4.78, 5) is 15.9. The lowest BCUT2D eigenvalue weighted by Gasteiger charge is -2.44. The van der Waals surface area contributed by atoms with Gasteiger partial charge >= 0.3 is 0 Å². The topological polar surface area (TPSA) is 88.6 Å². The zero-order valence-electron chi connectivity index (χ0n) is 24.7. The number of nitrogens with two attached hydrogens (primary N) is 1. The van der Waals surface area contributed by atoms with Crippen molar-refractivity contribution in [1.82, 2.24) is 0 Å². The lowest BCUT2D eigenvalue weighted by atomic mass is 9.68. The van der Waals surface area contributed by atoms with Gasteiger partial charge in [0.05, 0.1) is 24.7 Å². The van der Waals surface area contributed by atoms with Gasteiger partial charge in [-0.05, 0) is 91.3 Å². The molecule has 0 spiro atoms. The second-order valence-corrected chi connectivity index (χ2v) is 11.9. The van der Waals surface area contributed by atoms with Crippen molar-refractivity contribution in [2.75, 3.05) is 12.0 Å². The van der Waals surface area contributed by atoms with Gasteiger partial charge in [-0.2, -0.15) is 5.26 Å². The van der Waals surface area contributed by atoms with Crippen molar-refractivity contribution in [1.29, 1.82) is 5.26 Å². The average Bonchev–Trinajstić information content (AvgIpc) is 2.92.